The molecule has 1 aromatic carbocycles. The molecule has 0 saturated heterocycles. The van der Waals surface area contributed by atoms with Gasteiger partial charge in [0.25, 0.3) is 0 Å². The predicted octanol–water partition coefficient (Wildman–Crippen LogP) is 5.96. The molecule has 1 aliphatic heterocycles. The highest BCUT2D eigenvalue weighted by atomic mass is 28.3. The van der Waals surface area contributed by atoms with Crippen molar-refractivity contribution >= 4 is 25.8 Å². The van der Waals surface area contributed by atoms with Crippen LogP contribution in [-0.4, -0.2) is 42.1 Å². The fraction of sp³-hybridized carbons (Fsp3) is 0.519. The van der Waals surface area contributed by atoms with Gasteiger partial charge < -0.3 is 20.1 Å². The number of alkyl carbamates (subject to hydrolysis) is 1. The van der Waals surface area contributed by atoms with E-state index < -0.39 is 19.8 Å². The van der Waals surface area contributed by atoms with Gasteiger partial charge in [0.15, 0.2) is 0 Å². The smallest absolute Gasteiger partial charge is 0.408 e. The summed E-state index contributed by atoms with van der Waals surface area (Å²) in [5.74, 6) is -0.478. The molecule has 2 bridgehead atoms. The van der Waals surface area contributed by atoms with Gasteiger partial charge in [-0.2, -0.15) is 5.10 Å². The summed E-state index contributed by atoms with van der Waals surface area (Å²) < 4.78 is 13.2. The molecule has 0 spiro atoms. The van der Waals surface area contributed by atoms with Crippen molar-refractivity contribution in [3.8, 4) is 11.3 Å². The summed E-state index contributed by atoms with van der Waals surface area (Å²) in [5, 5.41) is 10.5. The minimum Gasteiger partial charge on any atom is -0.444 e. The van der Waals surface area contributed by atoms with Gasteiger partial charge in [-0.05, 0) is 44.9 Å². The average Bonchev–Trinajstić information content (AvgIpc) is 3.15. The van der Waals surface area contributed by atoms with Crippen molar-refractivity contribution in [3.63, 3.8) is 0 Å². The molecule has 2 heterocycles. The molecule has 196 valence electrons. The molecule has 1 aromatic heterocycles. The number of nitrogens with zero attached hydrogens (tertiary/aromatic N) is 2. The van der Waals surface area contributed by atoms with E-state index in [9.17, 15) is 9.59 Å². The van der Waals surface area contributed by atoms with Crippen molar-refractivity contribution in [2.24, 2.45) is 5.92 Å². The topological polar surface area (TPSA) is 94.5 Å². The number of fused-ring (bicyclic) bond motifs is 4. The van der Waals surface area contributed by atoms with E-state index in [-0.39, 0.29) is 24.6 Å². The Morgan fingerprint density at radius 2 is 2.03 bits per heavy atom. The lowest BCUT2D eigenvalue weighted by atomic mass is 9.98. The largest absolute Gasteiger partial charge is 0.444 e. The molecule has 1 aliphatic rings. The number of carbonyl (C=O) groups is 2. The molecule has 0 unspecified atom stereocenters. The minimum absolute atomic E-state index is 0.125. The zero-order valence-corrected chi connectivity index (χ0v) is 23.6. The van der Waals surface area contributed by atoms with Crippen molar-refractivity contribution in [2.75, 3.05) is 11.9 Å². The van der Waals surface area contributed by atoms with E-state index in [2.05, 4.69) is 35.4 Å². The number of anilines is 1. The van der Waals surface area contributed by atoms with Crippen LogP contribution >= 0.6 is 0 Å². The maximum Gasteiger partial charge on any atom is 0.408 e. The van der Waals surface area contributed by atoms with Crippen LogP contribution in [0.3, 0.4) is 0 Å². The minimum atomic E-state index is -1.21. The van der Waals surface area contributed by atoms with Crippen LogP contribution in [-0.2, 0) is 21.0 Å². The van der Waals surface area contributed by atoms with E-state index in [0.717, 1.165) is 22.9 Å². The molecule has 3 rings (SSSR count). The maximum absolute atomic E-state index is 12.9. The monoisotopic (exact) mass is 512 g/mol. The summed E-state index contributed by atoms with van der Waals surface area (Å²) in [6.07, 6.45) is 5.49. The standard InChI is InChI=1S/C27H40N4O4Si/c1-19-10-8-13-22(30-26(33)35-27(2,3)4)20-11-9-12-21(16-20)24-23(29-25(19)32)17-28-31(24)18-34-14-15-36(5,6)7/h8-12,16-17,19,22H,13-15,18H2,1-7H3,(H,29,32)(H,30,33)/b10-8-/t19-,22+/m1/s1. The van der Waals surface area contributed by atoms with Crippen LogP contribution in [0.15, 0.2) is 42.6 Å². The fourth-order valence-electron chi connectivity index (χ4n) is 3.79. The Bertz CT molecular complexity index is 1100. The number of hydrogen-bond donors (Lipinski definition) is 2. The Morgan fingerprint density at radius 3 is 2.72 bits per heavy atom. The van der Waals surface area contributed by atoms with Gasteiger partial charge in [-0.1, -0.05) is 56.9 Å². The predicted molar refractivity (Wildman–Crippen MR) is 145 cm³/mol. The molecule has 2 N–H and O–H groups in total. The molecular weight excluding hydrogens is 472 g/mol. The SMILES string of the molecule is C[C@@H]1/C=C\C[C@H](NC(=O)OC(C)(C)C)c2cccc(c2)-c2c(cnn2COCC[Si](C)(C)C)NC1=O. The summed E-state index contributed by atoms with van der Waals surface area (Å²) >= 11 is 0. The number of hydrogen-bond acceptors (Lipinski definition) is 5. The van der Waals surface area contributed by atoms with E-state index >= 15 is 0 Å². The third-order valence-electron chi connectivity index (χ3n) is 5.77. The first-order chi connectivity index (χ1) is 16.8. The van der Waals surface area contributed by atoms with Crippen molar-refractivity contribution in [3.05, 3.63) is 48.2 Å². The first-order valence-electron chi connectivity index (χ1n) is 12.5. The number of carbonyl (C=O) groups excluding carboxylic acids is 2. The van der Waals surface area contributed by atoms with Crippen LogP contribution in [0.1, 0.15) is 45.7 Å². The molecule has 36 heavy (non-hydrogen) atoms. The van der Waals surface area contributed by atoms with Crippen LogP contribution < -0.4 is 10.6 Å². The Balaban J connectivity index is 1.96. The number of ether oxygens (including phenoxy) is 2. The number of amides is 2. The number of benzene rings is 1. The van der Waals surface area contributed by atoms with Crippen molar-refractivity contribution in [2.45, 2.75) is 78.2 Å². The molecular formula is C27H40N4O4Si. The number of aromatic nitrogens is 2. The zero-order chi connectivity index (χ0) is 26.5. The molecule has 2 aromatic rings. The van der Waals surface area contributed by atoms with Gasteiger partial charge in [0.1, 0.15) is 12.3 Å². The summed E-state index contributed by atoms with van der Waals surface area (Å²) in [6, 6.07) is 8.67. The molecule has 0 saturated carbocycles. The highest BCUT2D eigenvalue weighted by molar-refractivity contribution is 6.76. The molecule has 8 nitrogen and oxygen atoms in total. The van der Waals surface area contributed by atoms with Gasteiger partial charge in [-0.25, -0.2) is 9.48 Å². The normalized spacial score (nSPS) is 19.4. The van der Waals surface area contributed by atoms with Crippen LogP contribution in [0.4, 0.5) is 10.5 Å². The van der Waals surface area contributed by atoms with Crippen LogP contribution in [0.2, 0.25) is 25.7 Å². The van der Waals surface area contributed by atoms with Gasteiger partial charge in [-0.15, -0.1) is 0 Å². The third kappa shape index (κ3) is 8.06. The molecule has 0 aliphatic carbocycles. The lowest BCUT2D eigenvalue weighted by Gasteiger charge is -2.24. The molecule has 2 amide bonds. The fourth-order valence-corrected chi connectivity index (χ4v) is 4.55. The van der Waals surface area contributed by atoms with E-state index in [0.29, 0.717) is 18.7 Å². The Morgan fingerprint density at radius 1 is 1.28 bits per heavy atom. The molecule has 0 fully saturated rings. The van der Waals surface area contributed by atoms with Gasteiger partial charge >= 0.3 is 6.09 Å². The molecule has 9 heteroatoms. The van der Waals surface area contributed by atoms with Crippen molar-refractivity contribution < 1.29 is 19.1 Å². The van der Waals surface area contributed by atoms with Crippen molar-refractivity contribution in [1.82, 2.24) is 15.1 Å². The molecule has 0 radical (unpaired) electrons. The first kappa shape index (κ1) is 27.7. The third-order valence-corrected chi connectivity index (χ3v) is 7.47. The van der Waals surface area contributed by atoms with E-state index in [1.54, 1.807) is 10.9 Å². The Hall–Kier alpha value is -2.91. The lowest BCUT2D eigenvalue weighted by Crippen LogP contribution is -2.35. The Labute approximate surface area is 215 Å². The number of nitrogens with one attached hydrogen (secondary N) is 2. The zero-order valence-electron chi connectivity index (χ0n) is 22.6. The average molecular weight is 513 g/mol. The van der Waals surface area contributed by atoms with Crippen LogP contribution in [0, 0.1) is 5.92 Å². The first-order valence-corrected chi connectivity index (χ1v) is 16.2. The maximum atomic E-state index is 12.9. The second kappa shape index (κ2) is 11.4. The van der Waals surface area contributed by atoms with Gasteiger partial charge in [0.05, 0.1) is 29.5 Å². The van der Waals surface area contributed by atoms with Crippen LogP contribution in [0.5, 0.6) is 0 Å². The van der Waals surface area contributed by atoms with Gasteiger partial charge in [0, 0.05) is 20.2 Å². The van der Waals surface area contributed by atoms with Gasteiger partial charge in [0.2, 0.25) is 5.91 Å². The summed E-state index contributed by atoms with van der Waals surface area (Å²) in [7, 11) is -1.21. The highest BCUT2D eigenvalue weighted by Gasteiger charge is 2.23. The van der Waals surface area contributed by atoms with E-state index in [4.69, 9.17) is 9.47 Å². The van der Waals surface area contributed by atoms with E-state index in [1.807, 2.05) is 64.1 Å². The lowest BCUT2D eigenvalue weighted by molar-refractivity contribution is -0.118. The second-order valence-corrected chi connectivity index (χ2v) is 17.1. The summed E-state index contributed by atoms with van der Waals surface area (Å²) in [6.45, 7) is 15.3. The molecule has 2 atom stereocenters. The van der Waals surface area contributed by atoms with Crippen LogP contribution in [0.25, 0.3) is 11.3 Å². The second-order valence-electron chi connectivity index (χ2n) is 11.5. The summed E-state index contributed by atoms with van der Waals surface area (Å²) in [4.78, 5) is 25.5. The van der Waals surface area contributed by atoms with E-state index in [1.165, 1.54) is 0 Å². The summed E-state index contributed by atoms with van der Waals surface area (Å²) in [5.41, 5.74) is 2.61. The Kier molecular flexibility index (Phi) is 8.79. The highest BCUT2D eigenvalue weighted by Crippen LogP contribution is 2.32. The number of rotatable bonds is 6. The quantitative estimate of drug-likeness (QED) is 0.283. The van der Waals surface area contributed by atoms with Crippen molar-refractivity contribution in [1.29, 1.82) is 0 Å². The van der Waals surface area contributed by atoms with Gasteiger partial charge in [-0.3, -0.25) is 4.79 Å².